The van der Waals surface area contributed by atoms with Crippen molar-refractivity contribution in [2.24, 2.45) is 5.92 Å². The van der Waals surface area contributed by atoms with Gasteiger partial charge in [0, 0.05) is 0 Å². The molecule has 0 radical (unpaired) electrons. The second kappa shape index (κ2) is 5.71. The maximum atomic E-state index is 2.38. The molecule has 0 saturated heterocycles. The summed E-state index contributed by atoms with van der Waals surface area (Å²) in [6, 6.07) is 8.95. The van der Waals surface area contributed by atoms with Crippen LogP contribution in [-0.4, -0.2) is 0 Å². The highest BCUT2D eigenvalue weighted by molar-refractivity contribution is 5.38. The van der Waals surface area contributed by atoms with E-state index >= 15 is 0 Å². The summed E-state index contributed by atoms with van der Waals surface area (Å²) in [5, 5.41) is 0. The van der Waals surface area contributed by atoms with E-state index in [1.807, 2.05) is 0 Å². The van der Waals surface area contributed by atoms with Gasteiger partial charge in [-0.05, 0) is 34.8 Å². The van der Waals surface area contributed by atoms with Crippen LogP contribution in [0.2, 0.25) is 0 Å². The van der Waals surface area contributed by atoms with Crippen molar-refractivity contribution in [2.75, 3.05) is 0 Å². The molecule has 0 heterocycles. The second-order valence-corrected chi connectivity index (χ2v) is 6.15. The summed E-state index contributed by atoms with van der Waals surface area (Å²) >= 11 is 0. The Kier molecular flexibility index (Phi) is 4.80. The Labute approximate surface area is 107 Å². The van der Waals surface area contributed by atoms with Crippen molar-refractivity contribution >= 4 is 0 Å². The van der Waals surface area contributed by atoms with Crippen LogP contribution in [0, 0.1) is 5.92 Å². The van der Waals surface area contributed by atoms with E-state index < -0.39 is 0 Å². The molecule has 96 valence electrons. The first kappa shape index (κ1) is 14.3. The van der Waals surface area contributed by atoms with E-state index in [0.29, 0.717) is 5.41 Å². The number of fused-ring (bicyclic) bond motifs is 1. The Bertz CT molecular complexity index is 349. The lowest BCUT2D eigenvalue weighted by atomic mass is 9.65. The average molecular weight is 232 g/mol. The van der Waals surface area contributed by atoms with Crippen LogP contribution in [0.15, 0.2) is 24.3 Å². The lowest BCUT2D eigenvalue weighted by Gasteiger charge is -2.40. The van der Waals surface area contributed by atoms with Crippen molar-refractivity contribution in [1.29, 1.82) is 0 Å². The van der Waals surface area contributed by atoms with Gasteiger partial charge in [-0.1, -0.05) is 72.2 Å². The normalized spacial score (nSPS) is 25.5. The molecule has 0 aromatic heterocycles. The second-order valence-electron chi connectivity index (χ2n) is 6.15. The Morgan fingerprint density at radius 2 is 1.65 bits per heavy atom. The first-order chi connectivity index (χ1) is 7.94. The first-order valence-corrected chi connectivity index (χ1v) is 7.03. The molecule has 17 heavy (non-hydrogen) atoms. The van der Waals surface area contributed by atoms with Crippen LogP contribution < -0.4 is 0 Å². The van der Waals surface area contributed by atoms with Gasteiger partial charge in [-0.25, -0.2) is 0 Å². The molecule has 0 nitrogen and oxygen atoms in total. The van der Waals surface area contributed by atoms with Gasteiger partial charge in [-0.2, -0.15) is 0 Å². The number of hydrogen-bond acceptors (Lipinski definition) is 0. The van der Waals surface area contributed by atoms with Crippen molar-refractivity contribution in [3.8, 4) is 0 Å². The monoisotopic (exact) mass is 232 g/mol. The lowest BCUT2D eigenvalue weighted by Crippen LogP contribution is -2.30. The maximum Gasteiger partial charge on any atom is -0.00980 e. The van der Waals surface area contributed by atoms with Gasteiger partial charge in [-0.3, -0.25) is 0 Å². The molecule has 2 rings (SSSR count). The third-order valence-electron chi connectivity index (χ3n) is 3.87. The van der Waals surface area contributed by atoms with Crippen molar-refractivity contribution in [3.63, 3.8) is 0 Å². The average Bonchev–Trinajstić information content (AvgIpc) is 2.27. The van der Waals surface area contributed by atoms with Gasteiger partial charge in [0.25, 0.3) is 0 Å². The third kappa shape index (κ3) is 3.12. The van der Waals surface area contributed by atoms with Crippen molar-refractivity contribution in [1.82, 2.24) is 0 Å². The predicted molar refractivity (Wildman–Crippen MR) is 77.6 cm³/mol. The van der Waals surface area contributed by atoms with Crippen molar-refractivity contribution < 1.29 is 0 Å². The van der Waals surface area contributed by atoms with Crippen LogP contribution in [0.25, 0.3) is 0 Å². The third-order valence-corrected chi connectivity index (χ3v) is 3.87. The molecule has 0 N–H and O–H groups in total. The zero-order valence-corrected chi connectivity index (χ0v) is 12.4. The maximum absolute atomic E-state index is 2.38. The van der Waals surface area contributed by atoms with Crippen LogP contribution >= 0.6 is 0 Å². The molecule has 2 atom stereocenters. The summed E-state index contributed by atoms with van der Waals surface area (Å²) < 4.78 is 0. The molecular formula is C17H28. The highest BCUT2D eigenvalue weighted by atomic mass is 14.4. The molecule has 0 aliphatic heterocycles. The lowest BCUT2D eigenvalue weighted by molar-refractivity contribution is 0.310. The molecule has 0 heteroatoms. The Balaban J connectivity index is 0.000000437. The van der Waals surface area contributed by atoms with Gasteiger partial charge in [0.2, 0.25) is 0 Å². The summed E-state index contributed by atoms with van der Waals surface area (Å²) in [4.78, 5) is 0. The number of rotatable bonds is 0. The fourth-order valence-electron chi connectivity index (χ4n) is 2.91. The Morgan fingerprint density at radius 1 is 1.12 bits per heavy atom. The van der Waals surface area contributed by atoms with E-state index in [4.69, 9.17) is 0 Å². The molecule has 1 aliphatic carbocycles. The van der Waals surface area contributed by atoms with Gasteiger partial charge in [0.05, 0.1) is 0 Å². The molecule has 1 aliphatic rings. The highest BCUT2D eigenvalue weighted by Gasteiger charge is 2.34. The molecule has 0 amide bonds. The fourth-order valence-corrected chi connectivity index (χ4v) is 2.91. The van der Waals surface area contributed by atoms with E-state index in [1.165, 1.54) is 12.8 Å². The van der Waals surface area contributed by atoms with Gasteiger partial charge in [0.1, 0.15) is 0 Å². The molecule has 0 spiro atoms. The van der Waals surface area contributed by atoms with Crippen LogP contribution in [-0.2, 0) is 5.41 Å². The zero-order valence-electron chi connectivity index (χ0n) is 12.4. The van der Waals surface area contributed by atoms with E-state index in [2.05, 4.69) is 65.8 Å². The molecule has 1 aromatic rings. The van der Waals surface area contributed by atoms with Gasteiger partial charge in [-0.15, -0.1) is 0 Å². The minimum absolute atomic E-state index is 0.364. The number of hydrogen-bond donors (Lipinski definition) is 0. The summed E-state index contributed by atoms with van der Waals surface area (Å²) in [6.07, 6.45) is 2.56. The largest absolute Gasteiger partial charge is 0.0656 e. The summed E-state index contributed by atoms with van der Waals surface area (Å²) in [5.41, 5.74) is 3.49. The molecule has 2 unspecified atom stereocenters. The predicted octanol–water partition coefficient (Wildman–Crippen LogP) is 5.52. The SMILES string of the molecule is CC1CC(C)(C)c2ccccc2C1C.CCC. The first-order valence-electron chi connectivity index (χ1n) is 7.03. The summed E-state index contributed by atoms with van der Waals surface area (Å²) in [7, 11) is 0. The van der Waals surface area contributed by atoms with Crippen LogP contribution in [0.3, 0.4) is 0 Å². The molecular weight excluding hydrogens is 204 g/mol. The van der Waals surface area contributed by atoms with Gasteiger partial charge in [0.15, 0.2) is 0 Å². The molecule has 0 bridgehead atoms. The molecule has 0 saturated carbocycles. The van der Waals surface area contributed by atoms with E-state index in [9.17, 15) is 0 Å². The smallest absolute Gasteiger partial charge is 0.00980 e. The summed E-state index contributed by atoms with van der Waals surface area (Å²) in [5.74, 6) is 1.53. The minimum atomic E-state index is 0.364. The minimum Gasteiger partial charge on any atom is -0.0656 e. The number of benzene rings is 1. The Hall–Kier alpha value is -0.780. The van der Waals surface area contributed by atoms with Crippen LogP contribution in [0.4, 0.5) is 0 Å². The van der Waals surface area contributed by atoms with E-state index in [-0.39, 0.29) is 0 Å². The standard InChI is InChI=1S/C14H20.C3H8/c1-10-9-14(3,4)13-8-6-5-7-12(13)11(10)2;1-3-2/h5-8,10-11H,9H2,1-4H3;3H2,1-2H3. The van der Waals surface area contributed by atoms with Crippen molar-refractivity contribution in [3.05, 3.63) is 35.4 Å². The van der Waals surface area contributed by atoms with Gasteiger partial charge >= 0.3 is 0 Å². The highest BCUT2D eigenvalue weighted by Crippen LogP contribution is 2.45. The Morgan fingerprint density at radius 3 is 2.24 bits per heavy atom. The quantitative estimate of drug-likeness (QED) is 0.552. The topological polar surface area (TPSA) is 0 Å². The summed E-state index contributed by atoms with van der Waals surface area (Å²) in [6.45, 7) is 13.7. The molecule has 1 aromatic carbocycles. The van der Waals surface area contributed by atoms with Crippen LogP contribution in [0.5, 0.6) is 0 Å². The van der Waals surface area contributed by atoms with Gasteiger partial charge < -0.3 is 0 Å². The zero-order chi connectivity index (χ0) is 13.1. The fraction of sp³-hybridized carbons (Fsp3) is 0.647. The van der Waals surface area contributed by atoms with E-state index in [1.54, 1.807) is 11.1 Å². The molecule has 0 fully saturated rings. The van der Waals surface area contributed by atoms with Crippen molar-refractivity contribution in [2.45, 2.75) is 65.7 Å². The van der Waals surface area contributed by atoms with Crippen LogP contribution in [0.1, 0.15) is 71.4 Å². The van der Waals surface area contributed by atoms with E-state index in [0.717, 1.165) is 11.8 Å².